The zero-order valence-corrected chi connectivity index (χ0v) is 17.3. The molecular formula is C24H31N3O. The number of nitrogens with zero attached hydrogens (tertiary/aromatic N) is 3. The number of benzene rings is 1. The first kappa shape index (κ1) is 20.4. The Bertz CT molecular complexity index is 899. The van der Waals surface area contributed by atoms with Gasteiger partial charge in [0, 0.05) is 19.3 Å². The molecule has 1 aliphatic rings. The molecule has 0 unspecified atom stereocenters. The summed E-state index contributed by atoms with van der Waals surface area (Å²) in [5.41, 5.74) is 3.82. The van der Waals surface area contributed by atoms with Gasteiger partial charge >= 0.3 is 0 Å². The van der Waals surface area contributed by atoms with Crippen LogP contribution in [0.5, 0.6) is 0 Å². The summed E-state index contributed by atoms with van der Waals surface area (Å²) in [6.07, 6.45) is 4.83. The molecule has 2 heterocycles. The molecule has 1 saturated heterocycles. The van der Waals surface area contributed by atoms with Crippen LogP contribution in [0, 0.1) is 24.2 Å². The molecule has 0 aliphatic carbocycles. The van der Waals surface area contributed by atoms with Gasteiger partial charge in [0.1, 0.15) is 11.6 Å². The lowest BCUT2D eigenvalue weighted by Gasteiger charge is -2.32. The molecule has 0 amide bonds. The maximum absolute atomic E-state index is 12.7. The number of likely N-dealkylation sites (tertiary alicyclic amines) is 1. The lowest BCUT2D eigenvalue weighted by molar-refractivity contribution is 0.204. The first-order chi connectivity index (χ1) is 13.5. The number of aromatic nitrogens is 1. The second kappa shape index (κ2) is 9.21. The summed E-state index contributed by atoms with van der Waals surface area (Å²) < 4.78 is 1.70. The maximum atomic E-state index is 12.7. The summed E-state index contributed by atoms with van der Waals surface area (Å²) in [7, 11) is 0. The van der Waals surface area contributed by atoms with Crippen molar-refractivity contribution >= 4 is 0 Å². The van der Waals surface area contributed by atoms with Gasteiger partial charge in [-0.1, -0.05) is 43.7 Å². The van der Waals surface area contributed by atoms with Gasteiger partial charge in [0.25, 0.3) is 5.56 Å². The van der Waals surface area contributed by atoms with Gasteiger partial charge in [0.2, 0.25) is 0 Å². The molecule has 148 valence electrons. The molecule has 0 bridgehead atoms. The fourth-order valence-corrected chi connectivity index (χ4v) is 4.09. The van der Waals surface area contributed by atoms with Gasteiger partial charge in [-0.05, 0) is 68.3 Å². The van der Waals surface area contributed by atoms with Gasteiger partial charge in [-0.25, -0.2) is 0 Å². The molecule has 3 rings (SSSR count). The predicted molar refractivity (Wildman–Crippen MR) is 113 cm³/mol. The van der Waals surface area contributed by atoms with E-state index < -0.39 is 0 Å². The van der Waals surface area contributed by atoms with E-state index in [0.717, 1.165) is 44.5 Å². The van der Waals surface area contributed by atoms with Crippen molar-refractivity contribution in [3.63, 3.8) is 0 Å². The standard InChI is InChI=1S/C24H31N3O/c1-18(2)7-13-27-14-10-22(23(16-25)24(27)28)21-8-11-26(12-9-21)17-20-6-4-5-19(3)15-20/h4-6,10,14-15,18,21H,7-9,11-13,17H2,1-3H3. The van der Waals surface area contributed by atoms with Gasteiger partial charge in [0.15, 0.2) is 0 Å². The van der Waals surface area contributed by atoms with Gasteiger partial charge in [-0.15, -0.1) is 0 Å². The first-order valence-corrected chi connectivity index (χ1v) is 10.4. The van der Waals surface area contributed by atoms with Gasteiger partial charge in [0.05, 0.1) is 0 Å². The highest BCUT2D eigenvalue weighted by Gasteiger charge is 2.24. The van der Waals surface area contributed by atoms with Crippen LogP contribution < -0.4 is 5.56 Å². The molecule has 0 saturated carbocycles. The molecule has 2 aromatic rings. The van der Waals surface area contributed by atoms with Crippen molar-refractivity contribution in [2.24, 2.45) is 5.92 Å². The highest BCUT2D eigenvalue weighted by molar-refractivity contribution is 5.38. The van der Waals surface area contributed by atoms with E-state index in [4.69, 9.17) is 0 Å². The van der Waals surface area contributed by atoms with E-state index in [1.807, 2.05) is 12.3 Å². The van der Waals surface area contributed by atoms with Gasteiger partial charge in [-0.2, -0.15) is 5.26 Å². The number of nitriles is 1. The zero-order chi connectivity index (χ0) is 20.1. The summed E-state index contributed by atoms with van der Waals surface area (Å²) in [5, 5.41) is 9.63. The number of hydrogen-bond acceptors (Lipinski definition) is 3. The van der Waals surface area contributed by atoms with Crippen LogP contribution in [0.25, 0.3) is 0 Å². The number of hydrogen-bond donors (Lipinski definition) is 0. The average molecular weight is 378 g/mol. The summed E-state index contributed by atoms with van der Waals surface area (Å²) in [5.74, 6) is 0.839. The van der Waals surface area contributed by atoms with Crippen LogP contribution in [-0.2, 0) is 13.1 Å². The summed E-state index contributed by atoms with van der Waals surface area (Å²) in [6, 6.07) is 12.9. The Morgan fingerprint density at radius 1 is 1.21 bits per heavy atom. The first-order valence-electron chi connectivity index (χ1n) is 10.4. The third-order valence-corrected chi connectivity index (χ3v) is 5.77. The van der Waals surface area contributed by atoms with Crippen LogP contribution in [0.1, 0.15) is 61.3 Å². The molecule has 0 N–H and O–H groups in total. The molecule has 28 heavy (non-hydrogen) atoms. The monoisotopic (exact) mass is 377 g/mol. The van der Waals surface area contributed by atoms with E-state index in [1.54, 1.807) is 4.57 Å². The Morgan fingerprint density at radius 2 is 1.96 bits per heavy atom. The number of piperidine rings is 1. The summed E-state index contributed by atoms with van der Waals surface area (Å²) >= 11 is 0. The third kappa shape index (κ3) is 4.91. The van der Waals surface area contributed by atoms with E-state index in [9.17, 15) is 10.1 Å². The zero-order valence-electron chi connectivity index (χ0n) is 17.3. The van der Waals surface area contributed by atoms with Crippen molar-refractivity contribution in [3.05, 3.63) is 69.1 Å². The molecule has 0 radical (unpaired) electrons. The van der Waals surface area contributed by atoms with E-state index in [-0.39, 0.29) is 5.56 Å². The van der Waals surface area contributed by atoms with Gasteiger partial charge in [-0.3, -0.25) is 9.69 Å². The van der Waals surface area contributed by atoms with Crippen molar-refractivity contribution in [2.45, 2.75) is 59.0 Å². The Balaban J connectivity index is 1.67. The third-order valence-electron chi connectivity index (χ3n) is 5.77. The van der Waals surface area contributed by atoms with Crippen LogP contribution >= 0.6 is 0 Å². The quantitative estimate of drug-likeness (QED) is 0.747. The molecular weight excluding hydrogens is 346 g/mol. The molecule has 1 aromatic heterocycles. The van der Waals surface area contributed by atoms with Crippen molar-refractivity contribution in [1.29, 1.82) is 5.26 Å². The van der Waals surface area contributed by atoms with Crippen LogP contribution in [-0.4, -0.2) is 22.6 Å². The molecule has 1 aliphatic heterocycles. The molecule has 4 nitrogen and oxygen atoms in total. The second-order valence-electron chi connectivity index (χ2n) is 8.48. The van der Waals surface area contributed by atoms with Crippen molar-refractivity contribution in [2.75, 3.05) is 13.1 Å². The SMILES string of the molecule is Cc1cccc(CN2CCC(c3ccn(CCC(C)C)c(=O)c3C#N)CC2)c1. The van der Waals surface area contributed by atoms with Crippen molar-refractivity contribution < 1.29 is 0 Å². The minimum absolute atomic E-state index is 0.122. The predicted octanol–water partition coefficient (Wildman–Crippen LogP) is 4.45. The van der Waals surface area contributed by atoms with Crippen LogP contribution in [0.2, 0.25) is 0 Å². The number of rotatable bonds is 6. The average Bonchev–Trinajstić information content (AvgIpc) is 2.67. The molecule has 0 atom stereocenters. The lowest BCUT2D eigenvalue weighted by atomic mass is 9.87. The Kier molecular flexibility index (Phi) is 6.70. The van der Waals surface area contributed by atoms with Crippen molar-refractivity contribution in [1.82, 2.24) is 9.47 Å². The molecule has 4 heteroatoms. The van der Waals surface area contributed by atoms with E-state index in [2.05, 4.69) is 56.0 Å². The number of pyridine rings is 1. The Labute approximate surface area is 168 Å². The fourth-order valence-electron chi connectivity index (χ4n) is 4.09. The molecule has 1 fully saturated rings. The topological polar surface area (TPSA) is 49.0 Å². The fraction of sp³-hybridized carbons (Fsp3) is 0.500. The normalized spacial score (nSPS) is 15.7. The van der Waals surface area contributed by atoms with Gasteiger partial charge < -0.3 is 4.57 Å². The summed E-state index contributed by atoms with van der Waals surface area (Å²) in [6.45, 7) is 10.1. The van der Waals surface area contributed by atoms with Crippen molar-refractivity contribution in [3.8, 4) is 6.07 Å². The largest absolute Gasteiger partial charge is 0.314 e. The second-order valence-corrected chi connectivity index (χ2v) is 8.48. The summed E-state index contributed by atoms with van der Waals surface area (Å²) in [4.78, 5) is 15.2. The van der Waals surface area contributed by atoms with Crippen LogP contribution in [0.3, 0.4) is 0 Å². The highest BCUT2D eigenvalue weighted by Crippen LogP contribution is 2.29. The molecule has 0 spiro atoms. The smallest absolute Gasteiger partial charge is 0.268 e. The van der Waals surface area contributed by atoms with E-state index in [1.165, 1.54) is 11.1 Å². The Morgan fingerprint density at radius 3 is 2.61 bits per heavy atom. The lowest BCUT2D eigenvalue weighted by Crippen LogP contribution is -2.33. The van der Waals surface area contributed by atoms with Crippen LogP contribution in [0.15, 0.2) is 41.3 Å². The minimum atomic E-state index is -0.122. The minimum Gasteiger partial charge on any atom is -0.314 e. The highest BCUT2D eigenvalue weighted by atomic mass is 16.1. The number of aryl methyl sites for hydroxylation is 2. The molecule has 1 aromatic carbocycles. The van der Waals surface area contributed by atoms with Crippen LogP contribution in [0.4, 0.5) is 0 Å². The Hall–Kier alpha value is -2.38. The van der Waals surface area contributed by atoms with E-state index in [0.29, 0.717) is 23.9 Å². The van der Waals surface area contributed by atoms with E-state index >= 15 is 0 Å². The maximum Gasteiger partial charge on any atom is 0.268 e.